The first-order chi connectivity index (χ1) is 10.7. The van der Waals surface area contributed by atoms with E-state index in [0.717, 1.165) is 5.57 Å². The van der Waals surface area contributed by atoms with E-state index in [9.17, 15) is 0 Å². The van der Waals surface area contributed by atoms with Crippen LogP contribution in [0.3, 0.4) is 0 Å². The fourth-order valence-electron chi connectivity index (χ4n) is 1.87. The van der Waals surface area contributed by atoms with Gasteiger partial charge in [-0.15, -0.1) is 0 Å². The van der Waals surface area contributed by atoms with Crippen LogP contribution in [0.25, 0.3) is 5.76 Å². The molecule has 0 saturated carbocycles. The number of rotatable bonds is 1. The Morgan fingerprint density at radius 1 is 0.870 bits per heavy atom. The maximum atomic E-state index is 5.83. The van der Waals surface area contributed by atoms with Crippen LogP contribution < -0.4 is 0 Å². The maximum Gasteiger partial charge on any atom is 0.250 e. The molecule has 0 amide bonds. The fraction of sp³-hybridized carbons (Fsp3) is 0.250. The summed E-state index contributed by atoms with van der Waals surface area (Å²) < 4.78 is -3.86. The third kappa shape index (κ3) is 3.65. The molecule has 122 valence electrons. The van der Waals surface area contributed by atoms with E-state index in [2.05, 4.69) is 15.0 Å². The Balaban J connectivity index is 2.17. The van der Waals surface area contributed by atoms with E-state index in [0.29, 0.717) is 12.2 Å². The average molecular weight is 436 g/mol. The van der Waals surface area contributed by atoms with Gasteiger partial charge >= 0.3 is 0 Å². The molecule has 3 rings (SSSR count). The Hall–Kier alpha value is -0.430. The number of alkyl halides is 6. The summed E-state index contributed by atoms with van der Waals surface area (Å²) in [5, 5.41) is 0. The number of aromatic nitrogens is 3. The fourth-order valence-corrected chi connectivity index (χ4v) is 2.37. The largest absolute Gasteiger partial charge is 0.289 e. The summed E-state index contributed by atoms with van der Waals surface area (Å²) in [5.74, 6) is 0.419. The van der Waals surface area contributed by atoms with Gasteiger partial charge in [-0.25, -0.2) is 15.0 Å². The van der Waals surface area contributed by atoms with Crippen LogP contribution in [0.5, 0.6) is 0 Å². The van der Waals surface area contributed by atoms with Crippen molar-refractivity contribution in [3.63, 3.8) is 0 Å². The Bertz CT molecular complexity index is 716. The van der Waals surface area contributed by atoms with Crippen LogP contribution in [0.1, 0.15) is 23.9 Å². The predicted molar refractivity (Wildman–Crippen MR) is 89.2 cm³/mol. The second kappa shape index (κ2) is 6.14. The van der Waals surface area contributed by atoms with Gasteiger partial charge in [0.2, 0.25) is 19.2 Å². The minimum Gasteiger partial charge on any atom is -0.289 e. The van der Waals surface area contributed by atoms with Gasteiger partial charge in [-0.3, -0.25) is 9.78 Å². The van der Waals surface area contributed by atoms with E-state index in [1.807, 2.05) is 12.2 Å². The third-order valence-corrected chi connectivity index (χ3v) is 3.85. The highest BCUT2D eigenvalue weighted by atomic mass is 35.6. The second-order valence-corrected chi connectivity index (χ2v) is 9.00. The minimum atomic E-state index is -1.93. The third-order valence-electron chi connectivity index (χ3n) is 2.84. The Morgan fingerprint density at radius 3 is 2.04 bits per heavy atom. The van der Waals surface area contributed by atoms with E-state index >= 15 is 0 Å². The van der Waals surface area contributed by atoms with Gasteiger partial charge in [0.15, 0.2) is 17.4 Å². The van der Waals surface area contributed by atoms with E-state index < -0.39 is 7.59 Å². The topological polar surface area (TPSA) is 57.1 Å². The molecule has 0 fully saturated rings. The molecule has 23 heavy (non-hydrogen) atoms. The highest BCUT2D eigenvalue weighted by Gasteiger charge is 2.36. The molecule has 0 atom stereocenters. The summed E-state index contributed by atoms with van der Waals surface area (Å²) in [7, 11) is 0. The van der Waals surface area contributed by atoms with Gasteiger partial charge in [0.25, 0.3) is 0 Å². The summed E-state index contributed by atoms with van der Waals surface area (Å²) in [5.41, 5.74) is 0.726. The van der Waals surface area contributed by atoms with Crippen LogP contribution in [0, 0.1) is 0 Å². The number of hydrogen-bond acceptors (Lipinski definition) is 5. The van der Waals surface area contributed by atoms with Gasteiger partial charge in [-0.05, 0) is 12.5 Å². The number of halogens is 6. The summed E-state index contributed by atoms with van der Waals surface area (Å²) in [6.45, 7) is 0. The summed E-state index contributed by atoms with van der Waals surface area (Å²) >= 11 is 35.0. The lowest BCUT2D eigenvalue weighted by molar-refractivity contribution is -0.179. The highest BCUT2D eigenvalue weighted by molar-refractivity contribution is 6.67. The van der Waals surface area contributed by atoms with Crippen molar-refractivity contribution >= 4 is 75.4 Å². The van der Waals surface area contributed by atoms with Gasteiger partial charge < -0.3 is 0 Å². The zero-order valence-corrected chi connectivity index (χ0v) is 15.4. The first-order valence-electron chi connectivity index (χ1n) is 6.02. The second-order valence-electron chi connectivity index (χ2n) is 4.44. The number of hydrogen-bond donors (Lipinski definition) is 0. The number of allylic oxidation sites excluding steroid dienone is 4. The molecule has 0 bridgehead atoms. The molecule has 0 saturated heterocycles. The molecule has 11 heteroatoms. The maximum absolute atomic E-state index is 5.83. The zero-order chi connectivity index (χ0) is 16.8. The van der Waals surface area contributed by atoms with Gasteiger partial charge in [0, 0.05) is 0 Å². The van der Waals surface area contributed by atoms with Gasteiger partial charge in [-0.1, -0.05) is 81.8 Å². The van der Waals surface area contributed by atoms with Gasteiger partial charge in [0.05, 0.1) is 5.57 Å². The Labute approximate surface area is 160 Å². The highest BCUT2D eigenvalue weighted by Crippen LogP contribution is 2.42. The summed E-state index contributed by atoms with van der Waals surface area (Å²) in [4.78, 5) is 22.3. The van der Waals surface area contributed by atoms with Crippen molar-refractivity contribution in [2.24, 2.45) is 0 Å². The van der Waals surface area contributed by atoms with Crippen LogP contribution >= 0.6 is 69.6 Å². The molecular formula is C12H5Cl6N3O2. The Morgan fingerprint density at radius 2 is 1.48 bits per heavy atom. The molecular weight excluding hydrogens is 431 g/mol. The van der Waals surface area contributed by atoms with Gasteiger partial charge in [0.1, 0.15) is 0 Å². The monoisotopic (exact) mass is 433 g/mol. The molecule has 1 aromatic heterocycles. The zero-order valence-electron chi connectivity index (χ0n) is 10.9. The smallest absolute Gasteiger partial charge is 0.250 e. The molecule has 2 heterocycles. The predicted octanol–water partition coefficient (Wildman–Crippen LogP) is 5.04. The standard InChI is InChI=1S/C12H5Cl6N3O2/c13-11(14,15)9-19-8(20-10(21-9)12(16,17)18)7-5-3-1-2-4-6(5)22-23-7/h1-2,4H,3H2. The first kappa shape index (κ1) is 17.4. The normalized spacial score (nSPS) is 17.6. The van der Waals surface area contributed by atoms with Crippen molar-refractivity contribution in [3.05, 3.63) is 47.0 Å². The van der Waals surface area contributed by atoms with Crippen molar-refractivity contribution in [2.75, 3.05) is 0 Å². The molecule has 1 aliphatic heterocycles. The average Bonchev–Trinajstić information content (AvgIpc) is 2.89. The van der Waals surface area contributed by atoms with E-state index in [1.54, 1.807) is 6.08 Å². The summed E-state index contributed by atoms with van der Waals surface area (Å²) in [6.07, 6.45) is 6.03. The first-order valence-corrected chi connectivity index (χ1v) is 8.29. The summed E-state index contributed by atoms with van der Waals surface area (Å²) in [6, 6.07) is 0. The molecule has 0 radical (unpaired) electrons. The van der Waals surface area contributed by atoms with Crippen LogP contribution in [-0.2, 0) is 17.4 Å². The van der Waals surface area contributed by atoms with Crippen molar-refractivity contribution in [3.8, 4) is 0 Å². The van der Waals surface area contributed by atoms with Crippen molar-refractivity contribution in [2.45, 2.75) is 14.0 Å². The number of nitrogens with zero attached hydrogens (tertiary/aromatic N) is 3. The van der Waals surface area contributed by atoms with E-state index in [4.69, 9.17) is 79.4 Å². The molecule has 2 aliphatic rings. The lowest BCUT2D eigenvalue weighted by atomic mass is 10.0. The molecule has 0 spiro atoms. The van der Waals surface area contributed by atoms with Crippen molar-refractivity contribution < 1.29 is 9.78 Å². The molecule has 1 aromatic rings. The van der Waals surface area contributed by atoms with Crippen LogP contribution in [0.15, 0.2) is 29.6 Å². The van der Waals surface area contributed by atoms with Crippen molar-refractivity contribution in [1.29, 1.82) is 0 Å². The van der Waals surface area contributed by atoms with Crippen LogP contribution in [0.2, 0.25) is 0 Å². The minimum absolute atomic E-state index is 0.0383. The van der Waals surface area contributed by atoms with Gasteiger partial charge in [-0.2, -0.15) is 0 Å². The molecule has 0 N–H and O–H groups in total. The Kier molecular flexibility index (Phi) is 4.64. The van der Waals surface area contributed by atoms with Crippen LogP contribution in [0.4, 0.5) is 0 Å². The molecule has 1 aliphatic carbocycles. The lowest BCUT2D eigenvalue weighted by Gasteiger charge is -2.15. The van der Waals surface area contributed by atoms with E-state index in [1.165, 1.54) is 0 Å². The molecule has 5 nitrogen and oxygen atoms in total. The lowest BCUT2D eigenvalue weighted by Crippen LogP contribution is -2.18. The van der Waals surface area contributed by atoms with Crippen LogP contribution in [-0.4, -0.2) is 15.0 Å². The van der Waals surface area contributed by atoms with E-state index in [-0.39, 0.29) is 23.2 Å². The SMILES string of the molecule is ClC(Cl)(Cl)c1nc(C2=C3CC=CC=C3OO2)nc(C(Cl)(Cl)Cl)n1. The quantitative estimate of drug-likeness (QED) is 0.456. The number of fused-ring (bicyclic) bond motifs is 1. The van der Waals surface area contributed by atoms with Crippen molar-refractivity contribution in [1.82, 2.24) is 15.0 Å². The molecule has 0 aromatic carbocycles. The molecule has 0 unspecified atom stereocenters.